The van der Waals surface area contributed by atoms with Crippen molar-refractivity contribution in [2.75, 3.05) is 0 Å². The van der Waals surface area contributed by atoms with Crippen LogP contribution in [0.25, 0.3) is 0 Å². The molecule has 106 valence electrons. The molecule has 2 aliphatic rings. The fourth-order valence-corrected chi connectivity index (χ4v) is 5.31. The molecule has 19 heavy (non-hydrogen) atoms. The number of rotatable bonds is 3. The van der Waals surface area contributed by atoms with Gasteiger partial charge < -0.3 is 5.32 Å². The Morgan fingerprint density at radius 1 is 1.11 bits per heavy atom. The highest BCUT2D eigenvalue weighted by Crippen LogP contribution is 2.54. The number of nitrogens with zero attached hydrogens (tertiary/aromatic N) is 1. The topological polar surface area (TPSA) is 24.9 Å². The van der Waals surface area contributed by atoms with Gasteiger partial charge in [0.05, 0.1) is 5.54 Å². The summed E-state index contributed by atoms with van der Waals surface area (Å²) < 4.78 is 0. The summed E-state index contributed by atoms with van der Waals surface area (Å²) in [5.74, 6) is 0. The summed E-state index contributed by atoms with van der Waals surface area (Å²) >= 11 is 1.83. The SMILES string of the molecule is CC1(C)CC(C)(C)CC(NC2CC2)(c2nccs2)C1. The lowest BCUT2D eigenvalue weighted by Crippen LogP contribution is -2.53. The molecular weight excluding hydrogens is 252 g/mol. The molecule has 1 N–H and O–H groups in total. The maximum absolute atomic E-state index is 4.68. The van der Waals surface area contributed by atoms with E-state index in [1.807, 2.05) is 17.5 Å². The first-order valence-corrected chi connectivity index (χ1v) is 8.36. The minimum Gasteiger partial charge on any atom is -0.303 e. The highest BCUT2D eigenvalue weighted by Gasteiger charge is 2.51. The molecule has 0 radical (unpaired) electrons. The average molecular weight is 278 g/mol. The van der Waals surface area contributed by atoms with Gasteiger partial charge in [0.15, 0.2) is 0 Å². The maximum Gasteiger partial charge on any atom is 0.113 e. The van der Waals surface area contributed by atoms with Gasteiger partial charge in [-0.1, -0.05) is 27.7 Å². The molecule has 0 unspecified atom stereocenters. The van der Waals surface area contributed by atoms with E-state index in [9.17, 15) is 0 Å². The minimum absolute atomic E-state index is 0.112. The number of hydrogen-bond donors (Lipinski definition) is 1. The van der Waals surface area contributed by atoms with Crippen LogP contribution in [0.15, 0.2) is 11.6 Å². The summed E-state index contributed by atoms with van der Waals surface area (Å²) in [6.07, 6.45) is 8.38. The largest absolute Gasteiger partial charge is 0.303 e. The molecule has 3 heteroatoms. The second kappa shape index (κ2) is 4.29. The quantitative estimate of drug-likeness (QED) is 0.890. The Bertz CT molecular complexity index is 427. The molecule has 2 fully saturated rings. The predicted molar refractivity (Wildman–Crippen MR) is 81.4 cm³/mol. The average Bonchev–Trinajstić information content (AvgIpc) is 2.86. The second-order valence-corrected chi connectivity index (χ2v) is 9.09. The Morgan fingerprint density at radius 2 is 1.74 bits per heavy atom. The highest BCUT2D eigenvalue weighted by atomic mass is 32.1. The Kier molecular flexibility index (Phi) is 3.06. The molecule has 0 aromatic carbocycles. The first-order chi connectivity index (χ1) is 8.80. The number of aromatic nitrogens is 1. The molecule has 3 rings (SSSR count). The first-order valence-electron chi connectivity index (χ1n) is 7.48. The van der Waals surface area contributed by atoms with E-state index in [4.69, 9.17) is 0 Å². The minimum atomic E-state index is 0.112. The van der Waals surface area contributed by atoms with Crippen molar-refractivity contribution < 1.29 is 0 Å². The summed E-state index contributed by atoms with van der Waals surface area (Å²) in [4.78, 5) is 4.68. The lowest BCUT2D eigenvalue weighted by atomic mass is 9.58. The molecule has 0 aliphatic heterocycles. The molecular formula is C16H26N2S. The molecule has 2 aliphatic carbocycles. The van der Waals surface area contributed by atoms with E-state index in [1.54, 1.807) is 0 Å². The molecule has 1 heterocycles. The van der Waals surface area contributed by atoms with E-state index in [0.717, 1.165) is 6.04 Å². The van der Waals surface area contributed by atoms with Crippen LogP contribution >= 0.6 is 11.3 Å². The zero-order chi connectivity index (χ0) is 13.7. The van der Waals surface area contributed by atoms with Crippen LogP contribution in [-0.4, -0.2) is 11.0 Å². The third-order valence-corrected chi connectivity index (χ3v) is 5.39. The molecule has 0 amide bonds. The van der Waals surface area contributed by atoms with E-state index >= 15 is 0 Å². The molecule has 0 saturated heterocycles. The van der Waals surface area contributed by atoms with E-state index in [1.165, 1.54) is 37.1 Å². The van der Waals surface area contributed by atoms with E-state index in [-0.39, 0.29) is 5.54 Å². The zero-order valence-corrected chi connectivity index (χ0v) is 13.4. The molecule has 1 aromatic rings. The summed E-state index contributed by atoms with van der Waals surface area (Å²) in [6, 6.07) is 0.730. The van der Waals surface area contributed by atoms with E-state index in [2.05, 4.69) is 43.4 Å². The third-order valence-electron chi connectivity index (χ3n) is 4.42. The molecule has 0 atom stereocenters. The summed E-state index contributed by atoms with van der Waals surface area (Å²) in [5, 5.41) is 7.40. The zero-order valence-electron chi connectivity index (χ0n) is 12.6. The monoisotopic (exact) mass is 278 g/mol. The predicted octanol–water partition coefficient (Wildman–Crippen LogP) is 4.33. The van der Waals surface area contributed by atoms with Crippen LogP contribution in [0.2, 0.25) is 0 Å². The number of nitrogens with one attached hydrogen (secondary N) is 1. The van der Waals surface area contributed by atoms with Crippen molar-refractivity contribution >= 4 is 11.3 Å². The van der Waals surface area contributed by atoms with Crippen LogP contribution < -0.4 is 5.32 Å². The Balaban J connectivity index is 1.98. The van der Waals surface area contributed by atoms with Gasteiger partial charge in [-0.25, -0.2) is 4.98 Å². The lowest BCUT2D eigenvalue weighted by molar-refractivity contribution is 0.0247. The van der Waals surface area contributed by atoms with Gasteiger partial charge in [-0.3, -0.25) is 0 Å². The fraction of sp³-hybridized carbons (Fsp3) is 0.812. The summed E-state index contributed by atoms with van der Waals surface area (Å²) in [7, 11) is 0. The Morgan fingerprint density at radius 3 is 2.21 bits per heavy atom. The molecule has 1 aromatic heterocycles. The van der Waals surface area contributed by atoms with Crippen LogP contribution in [0.3, 0.4) is 0 Å². The van der Waals surface area contributed by atoms with Crippen molar-refractivity contribution in [3.8, 4) is 0 Å². The van der Waals surface area contributed by atoms with Crippen LogP contribution in [0.4, 0.5) is 0 Å². The van der Waals surface area contributed by atoms with Gasteiger partial charge in [0, 0.05) is 17.6 Å². The summed E-state index contributed by atoms with van der Waals surface area (Å²) in [5.41, 5.74) is 0.880. The highest BCUT2D eigenvalue weighted by molar-refractivity contribution is 7.09. The smallest absolute Gasteiger partial charge is 0.113 e. The van der Waals surface area contributed by atoms with Crippen molar-refractivity contribution in [2.24, 2.45) is 10.8 Å². The molecule has 0 spiro atoms. The van der Waals surface area contributed by atoms with Gasteiger partial charge in [0.25, 0.3) is 0 Å². The summed E-state index contributed by atoms with van der Waals surface area (Å²) in [6.45, 7) is 9.69. The molecule has 2 saturated carbocycles. The van der Waals surface area contributed by atoms with Gasteiger partial charge in [0.2, 0.25) is 0 Å². The van der Waals surface area contributed by atoms with Gasteiger partial charge >= 0.3 is 0 Å². The number of thiazole rings is 1. The maximum atomic E-state index is 4.68. The standard InChI is InChI=1S/C16H26N2S/c1-14(2)9-15(3,4)11-16(10-14,18-12-5-6-12)13-17-7-8-19-13/h7-8,12,18H,5-6,9-11H2,1-4H3. The Hall–Kier alpha value is -0.410. The van der Waals surface area contributed by atoms with E-state index in [0.29, 0.717) is 10.8 Å². The normalized spacial score (nSPS) is 28.2. The van der Waals surface area contributed by atoms with Crippen molar-refractivity contribution in [2.45, 2.75) is 71.4 Å². The van der Waals surface area contributed by atoms with Crippen LogP contribution in [0.1, 0.15) is 64.8 Å². The van der Waals surface area contributed by atoms with Crippen molar-refractivity contribution in [1.82, 2.24) is 10.3 Å². The second-order valence-electron chi connectivity index (χ2n) is 8.20. The van der Waals surface area contributed by atoms with Gasteiger partial charge in [0.1, 0.15) is 5.01 Å². The molecule has 0 bridgehead atoms. The molecule has 2 nitrogen and oxygen atoms in total. The fourth-order valence-electron chi connectivity index (χ4n) is 4.51. The van der Waals surface area contributed by atoms with Gasteiger partial charge in [-0.05, 0) is 42.9 Å². The van der Waals surface area contributed by atoms with Crippen LogP contribution in [0, 0.1) is 10.8 Å². The van der Waals surface area contributed by atoms with Crippen LogP contribution in [0.5, 0.6) is 0 Å². The third kappa shape index (κ3) is 2.87. The van der Waals surface area contributed by atoms with Crippen molar-refractivity contribution in [3.63, 3.8) is 0 Å². The van der Waals surface area contributed by atoms with Crippen molar-refractivity contribution in [1.29, 1.82) is 0 Å². The number of hydrogen-bond acceptors (Lipinski definition) is 3. The van der Waals surface area contributed by atoms with Crippen LogP contribution in [-0.2, 0) is 5.54 Å². The lowest BCUT2D eigenvalue weighted by Gasteiger charge is -2.51. The van der Waals surface area contributed by atoms with Gasteiger partial charge in [-0.15, -0.1) is 11.3 Å². The van der Waals surface area contributed by atoms with Crippen molar-refractivity contribution in [3.05, 3.63) is 16.6 Å². The van der Waals surface area contributed by atoms with Gasteiger partial charge in [-0.2, -0.15) is 0 Å². The Labute approximate surface area is 121 Å². The first kappa shape index (κ1) is 13.6. The van der Waals surface area contributed by atoms with E-state index < -0.39 is 0 Å².